The first kappa shape index (κ1) is 14.0. The van der Waals surface area contributed by atoms with Crippen LogP contribution in [0.1, 0.15) is 32.3 Å². The Morgan fingerprint density at radius 3 is 2.00 bits per heavy atom. The molecule has 96 valence electrons. The summed E-state index contributed by atoms with van der Waals surface area (Å²) in [4.78, 5) is 2.56. The van der Waals surface area contributed by atoms with Crippen molar-refractivity contribution in [3.05, 3.63) is 29.8 Å². The molecule has 0 aliphatic rings. The lowest BCUT2D eigenvalue weighted by Crippen LogP contribution is -2.27. The van der Waals surface area contributed by atoms with Crippen LogP contribution in [0, 0.1) is 0 Å². The average molecular weight is 234 g/mol. The van der Waals surface area contributed by atoms with Gasteiger partial charge in [0.05, 0.1) is 0 Å². The molecule has 0 atom stereocenters. The molecule has 0 aliphatic heterocycles. The van der Waals surface area contributed by atoms with Gasteiger partial charge in [0.2, 0.25) is 0 Å². The average Bonchev–Trinajstić information content (AvgIpc) is 2.37. The zero-order valence-electron chi connectivity index (χ0n) is 11.5. The van der Waals surface area contributed by atoms with Crippen LogP contribution in [0.5, 0.6) is 0 Å². The maximum Gasteiger partial charge on any atom is 0.0337 e. The van der Waals surface area contributed by atoms with Crippen LogP contribution in [0.3, 0.4) is 0 Å². The summed E-state index contributed by atoms with van der Waals surface area (Å²) in [5.74, 6) is 0. The zero-order valence-corrected chi connectivity index (χ0v) is 11.5. The first-order valence-corrected chi connectivity index (χ1v) is 6.79. The molecule has 0 unspecified atom stereocenters. The Balaban J connectivity index is 2.41. The summed E-state index contributed by atoms with van der Waals surface area (Å²) in [6.45, 7) is 8.14. The van der Waals surface area contributed by atoms with Crippen molar-refractivity contribution in [1.29, 1.82) is 0 Å². The predicted octanol–water partition coefficient (Wildman–Crippen LogP) is 3.39. The Bertz CT molecular complexity index is 286. The largest absolute Gasteiger partial charge is 0.388 e. The lowest BCUT2D eigenvalue weighted by molar-refractivity contribution is 0.278. The molecule has 1 aromatic carbocycles. The lowest BCUT2D eigenvalue weighted by atomic mass is 10.1. The van der Waals surface area contributed by atoms with Crippen LogP contribution in [0.2, 0.25) is 0 Å². The molecule has 1 aromatic rings. The highest BCUT2D eigenvalue weighted by Gasteiger charge is 2.02. The van der Waals surface area contributed by atoms with E-state index in [1.54, 1.807) is 0 Å². The third-order valence-corrected chi connectivity index (χ3v) is 3.04. The molecule has 2 heteroatoms. The van der Waals surface area contributed by atoms with Crippen LogP contribution in [0.15, 0.2) is 24.3 Å². The molecular weight excluding hydrogens is 208 g/mol. The van der Waals surface area contributed by atoms with E-state index in [0.29, 0.717) is 0 Å². The van der Waals surface area contributed by atoms with Gasteiger partial charge in [0.15, 0.2) is 0 Å². The first-order chi connectivity index (χ1) is 8.30. The van der Waals surface area contributed by atoms with E-state index in [-0.39, 0.29) is 0 Å². The number of nitrogens with one attached hydrogen (secondary N) is 1. The maximum atomic E-state index is 3.15. The molecule has 0 bridgehead atoms. The summed E-state index contributed by atoms with van der Waals surface area (Å²) < 4.78 is 0. The molecule has 0 amide bonds. The number of hydrogen-bond acceptors (Lipinski definition) is 2. The van der Waals surface area contributed by atoms with E-state index < -0.39 is 0 Å². The van der Waals surface area contributed by atoms with Crippen molar-refractivity contribution in [2.45, 2.75) is 33.1 Å². The molecule has 0 aromatic heterocycles. The molecule has 0 saturated heterocycles. The van der Waals surface area contributed by atoms with Crippen LogP contribution in [-0.4, -0.2) is 31.6 Å². The van der Waals surface area contributed by atoms with Crippen molar-refractivity contribution in [3.8, 4) is 0 Å². The second-order valence-electron chi connectivity index (χ2n) is 4.54. The van der Waals surface area contributed by atoms with Crippen LogP contribution in [-0.2, 0) is 6.42 Å². The number of anilines is 1. The Morgan fingerprint density at radius 1 is 0.941 bits per heavy atom. The number of hydrogen-bond donors (Lipinski definition) is 1. The van der Waals surface area contributed by atoms with Crippen LogP contribution >= 0.6 is 0 Å². The summed E-state index contributed by atoms with van der Waals surface area (Å²) in [6.07, 6.45) is 3.65. The van der Waals surface area contributed by atoms with E-state index in [2.05, 4.69) is 48.3 Å². The molecule has 0 saturated carbocycles. The topological polar surface area (TPSA) is 15.3 Å². The van der Waals surface area contributed by atoms with Crippen molar-refractivity contribution < 1.29 is 0 Å². The molecule has 0 fully saturated rings. The van der Waals surface area contributed by atoms with Crippen molar-refractivity contribution in [3.63, 3.8) is 0 Å². The third-order valence-electron chi connectivity index (χ3n) is 3.04. The normalized spacial score (nSPS) is 10.8. The van der Waals surface area contributed by atoms with Gasteiger partial charge in [-0.3, -0.25) is 0 Å². The highest BCUT2D eigenvalue weighted by atomic mass is 15.1. The highest BCUT2D eigenvalue weighted by Crippen LogP contribution is 2.09. The second kappa shape index (κ2) is 8.13. The van der Waals surface area contributed by atoms with Gasteiger partial charge < -0.3 is 10.2 Å². The van der Waals surface area contributed by atoms with Gasteiger partial charge in [0, 0.05) is 19.3 Å². The van der Waals surface area contributed by atoms with Crippen LogP contribution < -0.4 is 5.32 Å². The summed E-state index contributed by atoms with van der Waals surface area (Å²) in [7, 11) is 1.96. The summed E-state index contributed by atoms with van der Waals surface area (Å²) in [5.41, 5.74) is 2.62. The minimum atomic E-state index is 1.16. The van der Waals surface area contributed by atoms with E-state index in [1.807, 2.05) is 7.05 Å². The van der Waals surface area contributed by atoms with Gasteiger partial charge >= 0.3 is 0 Å². The molecule has 0 heterocycles. The van der Waals surface area contributed by atoms with Gasteiger partial charge in [0.1, 0.15) is 0 Å². The highest BCUT2D eigenvalue weighted by molar-refractivity contribution is 5.43. The van der Waals surface area contributed by atoms with E-state index in [9.17, 15) is 0 Å². The van der Waals surface area contributed by atoms with Crippen molar-refractivity contribution in [2.24, 2.45) is 0 Å². The molecule has 0 radical (unpaired) electrons. The Kier molecular flexibility index (Phi) is 6.71. The van der Waals surface area contributed by atoms with Gasteiger partial charge in [-0.15, -0.1) is 0 Å². The molecular formula is C15H26N2. The fourth-order valence-corrected chi connectivity index (χ4v) is 2.09. The van der Waals surface area contributed by atoms with Crippen molar-refractivity contribution in [1.82, 2.24) is 4.90 Å². The number of benzene rings is 1. The monoisotopic (exact) mass is 234 g/mol. The maximum absolute atomic E-state index is 3.15. The van der Waals surface area contributed by atoms with Gasteiger partial charge in [-0.1, -0.05) is 26.0 Å². The van der Waals surface area contributed by atoms with Gasteiger partial charge in [0.25, 0.3) is 0 Å². The lowest BCUT2D eigenvalue weighted by Gasteiger charge is -2.20. The smallest absolute Gasteiger partial charge is 0.0337 e. The van der Waals surface area contributed by atoms with E-state index in [4.69, 9.17) is 0 Å². The standard InChI is InChI=1S/C15H26N2/c1-4-11-17(12-5-2)13-10-14-6-8-15(16-3)9-7-14/h6-9,16H,4-5,10-13H2,1-3H3. The molecule has 0 spiro atoms. The minimum absolute atomic E-state index is 1.16. The Morgan fingerprint density at radius 2 is 1.53 bits per heavy atom. The molecule has 17 heavy (non-hydrogen) atoms. The van der Waals surface area contributed by atoms with Crippen LogP contribution in [0.25, 0.3) is 0 Å². The van der Waals surface area contributed by atoms with Gasteiger partial charge in [-0.05, 0) is 50.0 Å². The molecule has 0 aliphatic carbocycles. The second-order valence-corrected chi connectivity index (χ2v) is 4.54. The third kappa shape index (κ3) is 5.22. The van der Waals surface area contributed by atoms with Crippen molar-refractivity contribution in [2.75, 3.05) is 32.0 Å². The molecule has 2 nitrogen and oxygen atoms in total. The molecule has 1 rings (SSSR count). The predicted molar refractivity (Wildman–Crippen MR) is 76.7 cm³/mol. The number of rotatable bonds is 8. The minimum Gasteiger partial charge on any atom is -0.388 e. The fourth-order valence-electron chi connectivity index (χ4n) is 2.09. The first-order valence-electron chi connectivity index (χ1n) is 6.79. The molecule has 1 N–H and O–H groups in total. The number of nitrogens with zero attached hydrogens (tertiary/aromatic N) is 1. The quantitative estimate of drug-likeness (QED) is 0.741. The van der Waals surface area contributed by atoms with Gasteiger partial charge in [-0.2, -0.15) is 0 Å². The SMILES string of the molecule is CCCN(CCC)CCc1ccc(NC)cc1. The zero-order chi connectivity index (χ0) is 12.5. The van der Waals surface area contributed by atoms with E-state index >= 15 is 0 Å². The Hall–Kier alpha value is -1.02. The summed E-state index contributed by atoms with van der Waals surface area (Å²) in [5, 5.41) is 3.15. The van der Waals surface area contributed by atoms with E-state index in [1.165, 1.54) is 43.7 Å². The summed E-state index contributed by atoms with van der Waals surface area (Å²) >= 11 is 0. The Labute approximate surface area is 106 Å². The van der Waals surface area contributed by atoms with Gasteiger partial charge in [-0.25, -0.2) is 0 Å². The van der Waals surface area contributed by atoms with E-state index in [0.717, 1.165) is 6.42 Å². The van der Waals surface area contributed by atoms with Crippen LogP contribution in [0.4, 0.5) is 5.69 Å². The summed E-state index contributed by atoms with van der Waals surface area (Å²) in [6, 6.07) is 8.75. The van der Waals surface area contributed by atoms with Crippen molar-refractivity contribution >= 4 is 5.69 Å². The fraction of sp³-hybridized carbons (Fsp3) is 0.600.